The van der Waals surface area contributed by atoms with Crippen LogP contribution in [0, 0.1) is 0 Å². The summed E-state index contributed by atoms with van der Waals surface area (Å²) < 4.78 is 0. The number of pyridine rings is 1. The van der Waals surface area contributed by atoms with Crippen molar-refractivity contribution in [3.05, 3.63) is 42.2 Å². The fourth-order valence-corrected chi connectivity index (χ4v) is 1.34. The van der Waals surface area contributed by atoms with Crippen molar-refractivity contribution in [2.75, 3.05) is 0 Å². The first-order chi connectivity index (χ1) is 7.36. The molecule has 2 heterocycles. The van der Waals surface area contributed by atoms with Crippen molar-refractivity contribution < 1.29 is 0 Å². The molecule has 5 nitrogen and oxygen atoms in total. The predicted molar refractivity (Wildman–Crippen MR) is 55.9 cm³/mol. The lowest BCUT2D eigenvalue weighted by Gasteiger charge is -2.12. The minimum atomic E-state index is 0.276. The van der Waals surface area contributed by atoms with E-state index < -0.39 is 0 Å². The van der Waals surface area contributed by atoms with Gasteiger partial charge in [-0.15, -0.1) is 0 Å². The fraction of sp³-hybridized carbons (Fsp3) is 0.300. The van der Waals surface area contributed by atoms with Crippen molar-refractivity contribution in [3.8, 4) is 0 Å². The van der Waals surface area contributed by atoms with Crippen LogP contribution >= 0.6 is 0 Å². The first-order valence-corrected chi connectivity index (χ1v) is 4.84. The molecule has 0 fully saturated rings. The van der Waals surface area contributed by atoms with Crippen LogP contribution in [0.4, 0.5) is 0 Å². The number of rotatable bonds is 4. The highest BCUT2D eigenvalue weighted by Gasteiger charge is 2.04. The maximum atomic E-state index is 4.04. The molecule has 0 bridgehead atoms. The molecule has 15 heavy (non-hydrogen) atoms. The summed E-state index contributed by atoms with van der Waals surface area (Å²) in [5, 5.41) is 9.93. The van der Waals surface area contributed by atoms with E-state index in [1.54, 1.807) is 12.4 Å². The Morgan fingerprint density at radius 3 is 2.87 bits per heavy atom. The van der Waals surface area contributed by atoms with E-state index in [2.05, 4.69) is 32.4 Å². The summed E-state index contributed by atoms with van der Waals surface area (Å²) in [6.45, 7) is 2.79. The van der Waals surface area contributed by atoms with E-state index >= 15 is 0 Å². The summed E-state index contributed by atoms with van der Waals surface area (Å²) in [6.07, 6.45) is 5.10. The zero-order valence-corrected chi connectivity index (χ0v) is 8.51. The van der Waals surface area contributed by atoms with E-state index in [0.29, 0.717) is 6.54 Å². The van der Waals surface area contributed by atoms with Crippen molar-refractivity contribution >= 4 is 0 Å². The topological polar surface area (TPSA) is 66.5 Å². The van der Waals surface area contributed by atoms with Gasteiger partial charge in [0.05, 0.1) is 6.54 Å². The maximum Gasteiger partial charge on any atom is 0.138 e. The highest BCUT2D eigenvalue weighted by Crippen LogP contribution is 2.10. The number of H-pyrrole nitrogens is 1. The SMILES string of the molecule is CC(NCc1ncn[nH]1)c1ccncc1. The van der Waals surface area contributed by atoms with Gasteiger partial charge in [0.25, 0.3) is 0 Å². The van der Waals surface area contributed by atoms with Gasteiger partial charge in [0, 0.05) is 18.4 Å². The fourth-order valence-electron chi connectivity index (χ4n) is 1.34. The average molecular weight is 203 g/mol. The van der Waals surface area contributed by atoms with Gasteiger partial charge in [-0.25, -0.2) is 4.98 Å². The molecule has 2 rings (SSSR count). The molecule has 1 unspecified atom stereocenters. The van der Waals surface area contributed by atoms with Gasteiger partial charge in [-0.3, -0.25) is 10.1 Å². The largest absolute Gasteiger partial charge is 0.303 e. The Balaban J connectivity index is 1.90. The van der Waals surface area contributed by atoms with E-state index in [0.717, 1.165) is 5.82 Å². The minimum Gasteiger partial charge on any atom is -0.303 e. The molecule has 0 amide bonds. The Morgan fingerprint density at radius 2 is 2.20 bits per heavy atom. The Morgan fingerprint density at radius 1 is 1.40 bits per heavy atom. The number of nitrogens with zero attached hydrogens (tertiary/aromatic N) is 3. The second-order valence-electron chi connectivity index (χ2n) is 3.32. The third-order valence-electron chi connectivity index (χ3n) is 2.25. The van der Waals surface area contributed by atoms with Crippen LogP contribution in [0.15, 0.2) is 30.9 Å². The summed E-state index contributed by atoms with van der Waals surface area (Å²) in [4.78, 5) is 8.02. The van der Waals surface area contributed by atoms with Gasteiger partial charge >= 0.3 is 0 Å². The van der Waals surface area contributed by atoms with Gasteiger partial charge < -0.3 is 5.32 Å². The third-order valence-corrected chi connectivity index (χ3v) is 2.25. The number of aromatic amines is 1. The first kappa shape index (κ1) is 9.79. The molecule has 2 aromatic heterocycles. The standard InChI is InChI=1S/C10H13N5/c1-8(9-2-4-11-5-3-9)12-6-10-13-7-14-15-10/h2-5,7-8,12H,6H2,1H3,(H,13,14,15). The first-order valence-electron chi connectivity index (χ1n) is 4.84. The molecular formula is C10H13N5. The quantitative estimate of drug-likeness (QED) is 0.779. The molecule has 0 aliphatic carbocycles. The molecule has 0 saturated heterocycles. The molecular weight excluding hydrogens is 190 g/mol. The van der Waals surface area contributed by atoms with E-state index in [4.69, 9.17) is 0 Å². The highest BCUT2D eigenvalue weighted by molar-refractivity contribution is 5.13. The molecule has 2 aromatic rings. The molecule has 0 aromatic carbocycles. The van der Waals surface area contributed by atoms with Crippen molar-refractivity contribution in [1.29, 1.82) is 0 Å². The van der Waals surface area contributed by atoms with Gasteiger partial charge in [0.2, 0.25) is 0 Å². The maximum absolute atomic E-state index is 4.04. The number of nitrogens with one attached hydrogen (secondary N) is 2. The summed E-state index contributed by atoms with van der Waals surface area (Å²) in [5.74, 6) is 0.843. The van der Waals surface area contributed by atoms with Gasteiger partial charge in [-0.2, -0.15) is 5.10 Å². The van der Waals surface area contributed by atoms with Crippen LogP contribution in [0.1, 0.15) is 24.4 Å². The van der Waals surface area contributed by atoms with Crippen LogP contribution in [0.25, 0.3) is 0 Å². The predicted octanol–water partition coefficient (Wildman–Crippen LogP) is 1.05. The number of hydrogen-bond acceptors (Lipinski definition) is 4. The molecule has 1 atom stereocenters. The number of aromatic nitrogens is 4. The lowest BCUT2D eigenvalue weighted by molar-refractivity contribution is 0.560. The molecule has 2 N–H and O–H groups in total. The molecule has 0 spiro atoms. The molecule has 0 aliphatic heterocycles. The average Bonchev–Trinajstić information content (AvgIpc) is 2.80. The highest BCUT2D eigenvalue weighted by atomic mass is 15.2. The summed E-state index contributed by atoms with van der Waals surface area (Å²) >= 11 is 0. The zero-order valence-electron chi connectivity index (χ0n) is 8.51. The van der Waals surface area contributed by atoms with Gasteiger partial charge in [0.15, 0.2) is 0 Å². The van der Waals surface area contributed by atoms with Gasteiger partial charge in [0.1, 0.15) is 12.2 Å². The summed E-state index contributed by atoms with van der Waals surface area (Å²) in [5.41, 5.74) is 1.21. The lowest BCUT2D eigenvalue weighted by atomic mass is 10.1. The summed E-state index contributed by atoms with van der Waals surface area (Å²) in [6, 6.07) is 4.27. The minimum absolute atomic E-state index is 0.276. The third kappa shape index (κ3) is 2.60. The molecule has 0 saturated carbocycles. The van der Waals surface area contributed by atoms with E-state index in [9.17, 15) is 0 Å². The van der Waals surface area contributed by atoms with Crippen LogP contribution in [-0.2, 0) is 6.54 Å². The van der Waals surface area contributed by atoms with E-state index in [1.807, 2.05) is 12.1 Å². The molecule has 78 valence electrons. The second-order valence-corrected chi connectivity index (χ2v) is 3.32. The van der Waals surface area contributed by atoms with Crippen LogP contribution < -0.4 is 5.32 Å². The molecule has 5 heteroatoms. The van der Waals surface area contributed by atoms with Crippen molar-refractivity contribution in [2.45, 2.75) is 19.5 Å². The van der Waals surface area contributed by atoms with Crippen molar-refractivity contribution in [2.24, 2.45) is 0 Å². The monoisotopic (exact) mass is 203 g/mol. The normalized spacial score (nSPS) is 12.6. The van der Waals surface area contributed by atoms with E-state index in [-0.39, 0.29) is 6.04 Å². The Labute approximate surface area is 88.0 Å². The lowest BCUT2D eigenvalue weighted by Crippen LogP contribution is -2.18. The molecule has 0 aliphatic rings. The van der Waals surface area contributed by atoms with E-state index in [1.165, 1.54) is 11.9 Å². The van der Waals surface area contributed by atoms with Crippen molar-refractivity contribution in [1.82, 2.24) is 25.5 Å². The second kappa shape index (κ2) is 4.65. The van der Waals surface area contributed by atoms with Crippen molar-refractivity contribution in [3.63, 3.8) is 0 Å². The Bertz CT molecular complexity index is 383. The van der Waals surface area contributed by atoms with Gasteiger partial charge in [-0.05, 0) is 24.6 Å². The van der Waals surface area contributed by atoms with Gasteiger partial charge in [-0.1, -0.05) is 0 Å². The summed E-state index contributed by atoms with van der Waals surface area (Å²) in [7, 11) is 0. The molecule has 0 radical (unpaired) electrons. The van der Waals surface area contributed by atoms with Crippen LogP contribution in [0.5, 0.6) is 0 Å². The van der Waals surface area contributed by atoms with Crippen LogP contribution in [-0.4, -0.2) is 20.2 Å². The smallest absolute Gasteiger partial charge is 0.138 e. The van der Waals surface area contributed by atoms with Crippen LogP contribution in [0.2, 0.25) is 0 Å². The van der Waals surface area contributed by atoms with Crippen LogP contribution in [0.3, 0.4) is 0 Å². The zero-order chi connectivity index (χ0) is 10.5. The Hall–Kier alpha value is -1.75. The Kier molecular flexibility index (Phi) is 3.04. The number of hydrogen-bond donors (Lipinski definition) is 2.